The number of fused-ring (bicyclic) bond motifs is 1. The second kappa shape index (κ2) is 7.64. The van der Waals surface area contributed by atoms with Crippen LogP contribution in [0, 0.1) is 0 Å². The lowest BCUT2D eigenvalue weighted by Crippen LogP contribution is -2.48. The second-order valence-electron chi connectivity index (χ2n) is 7.28. The lowest BCUT2D eigenvalue weighted by molar-refractivity contribution is 0.384. The van der Waals surface area contributed by atoms with Crippen molar-refractivity contribution in [3.63, 3.8) is 0 Å². The predicted octanol–water partition coefficient (Wildman–Crippen LogP) is 1.82. The zero-order chi connectivity index (χ0) is 21.4. The van der Waals surface area contributed by atoms with Crippen LogP contribution in [0.2, 0.25) is 0 Å². The zero-order valence-corrected chi connectivity index (χ0v) is 17.3. The van der Waals surface area contributed by atoms with Gasteiger partial charge in [0.1, 0.15) is 5.82 Å². The summed E-state index contributed by atoms with van der Waals surface area (Å²) in [6.07, 6.45) is 1.72. The standard InChI is InChI=1S/C21H20N6O3S/c28-21-23-17-7-6-16(14-18(17)24-21)31(29,30)27-12-10-26(11-13-27)19-8-9-22-20(25-19)15-4-2-1-3-5-15/h1-9,14H,10-13H2,(H2,23,24,28). The van der Waals surface area contributed by atoms with E-state index in [1.54, 1.807) is 12.3 Å². The summed E-state index contributed by atoms with van der Waals surface area (Å²) in [6.45, 7) is 1.73. The zero-order valence-electron chi connectivity index (χ0n) is 16.5. The van der Waals surface area contributed by atoms with Gasteiger partial charge in [0.25, 0.3) is 0 Å². The summed E-state index contributed by atoms with van der Waals surface area (Å²) in [4.78, 5) is 27.9. The normalized spacial score (nSPS) is 15.4. The van der Waals surface area contributed by atoms with E-state index in [1.165, 1.54) is 16.4 Å². The molecule has 0 atom stereocenters. The molecule has 0 unspecified atom stereocenters. The molecule has 2 N–H and O–H groups in total. The monoisotopic (exact) mass is 436 g/mol. The molecule has 10 heteroatoms. The summed E-state index contributed by atoms with van der Waals surface area (Å²) >= 11 is 0. The van der Waals surface area contributed by atoms with Gasteiger partial charge in [0.15, 0.2) is 5.82 Å². The number of piperazine rings is 1. The highest BCUT2D eigenvalue weighted by molar-refractivity contribution is 7.89. The van der Waals surface area contributed by atoms with Crippen molar-refractivity contribution in [2.75, 3.05) is 31.1 Å². The number of imidazole rings is 1. The third-order valence-corrected chi connectivity index (χ3v) is 7.26. The highest BCUT2D eigenvalue weighted by Gasteiger charge is 2.29. The Bertz CT molecular complexity index is 1390. The van der Waals surface area contributed by atoms with E-state index in [4.69, 9.17) is 0 Å². The van der Waals surface area contributed by atoms with Crippen molar-refractivity contribution >= 4 is 26.9 Å². The van der Waals surface area contributed by atoms with Crippen LogP contribution in [-0.4, -0.2) is 58.8 Å². The van der Waals surface area contributed by atoms with Crippen molar-refractivity contribution in [3.8, 4) is 11.4 Å². The van der Waals surface area contributed by atoms with Crippen LogP contribution < -0.4 is 10.6 Å². The molecule has 2 aromatic heterocycles. The molecular weight excluding hydrogens is 416 g/mol. The van der Waals surface area contributed by atoms with E-state index in [2.05, 4.69) is 24.8 Å². The maximum absolute atomic E-state index is 13.1. The first-order valence-corrected chi connectivity index (χ1v) is 11.3. The van der Waals surface area contributed by atoms with Gasteiger partial charge in [-0.2, -0.15) is 4.31 Å². The van der Waals surface area contributed by atoms with E-state index in [0.29, 0.717) is 43.0 Å². The fraction of sp³-hybridized carbons (Fsp3) is 0.190. The lowest BCUT2D eigenvalue weighted by Gasteiger charge is -2.34. The van der Waals surface area contributed by atoms with Crippen LogP contribution >= 0.6 is 0 Å². The van der Waals surface area contributed by atoms with Crippen LogP contribution in [0.25, 0.3) is 22.4 Å². The van der Waals surface area contributed by atoms with E-state index in [-0.39, 0.29) is 10.6 Å². The lowest BCUT2D eigenvalue weighted by atomic mass is 10.2. The van der Waals surface area contributed by atoms with Crippen LogP contribution in [0.15, 0.2) is 70.5 Å². The maximum Gasteiger partial charge on any atom is 0.323 e. The van der Waals surface area contributed by atoms with Crippen molar-refractivity contribution in [2.24, 2.45) is 0 Å². The Balaban J connectivity index is 1.33. The number of hydrogen-bond acceptors (Lipinski definition) is 6. The summed E-state index contributed by atoms with van der Waals surface area (Å²) in [7, 11) is -3.66. The summed E-state index contributed by atoms with van der Waals surface area (Å²) < 4.78 is 27.7. The molecule has 1 aliphatic rings. The van der Waals surface area contributed by atoms with E-state index in [1.807, 2.05) is 36.4 Å². The molecule has 1 saturated heterocycles. The second-order valence-corrected chi connectivity index (χ2v) is 9.22. The molecule has 0 radical (unpaired) electrons. The largest absolute Gasteiger partial charge is 0.354 e. The fourth-order valence-electron chi connectivity index (χ4n) is 3.73. The van der Waals surface area contributed by atoms with Gasteiger partial charge in [0.05, 0.1) is 15.9 Å². The molecule has 4 aromatic rings. The van der Waals surface area contributed by atoms with Crippen LogP contribution in [0.4, 0.5) is 5.82 Å². The third kappa shape index (κ3) is 3.71. The van der Waals surface area contributed by atoms with Gasteiger partial charge in [-0.15, -0.1) is 0 Å². The number of aromatic nitrogens is 4. The number of hydrogen-bond donors (Lipinski definition) is 2. The summed E-state index contributed by atoms with van der Waals surface area (Å²) in [6, 6.07) is 16.2. The van der Waals surface area contributed by atoms with Gasteiger partial charge in [0.2, 0.25) is 10.0 Å². The summed E-state index contributed by atoms with van der Waals surface area (Å²) in [5, 5.41) is 0. The highest BCUT2D eigenvalue weighted by atomic mass is 32.2. The van der Waals surface area contributed by atoms with E-state index in [0.717, 1.165) is 11.4 Å². The number of aromatic amines is 2. The minimum Gasteiger partial charge on any atom is -0.354 e. The van der Waals surface area contributed by atoms with Crippen LogP contribution in [-0.2, 0) is 10.0 Å². The number of nitrogens with zero attached hydrogens (tertiary/aromatic N) is 4. The van der Waals surface area contributed by atoms with E-state index >= 15 is 0 Å². The van der Waals surface area contributed by atoms with Crippen LogP contribution in [0.5, 0.6) is 0 Å². The number of benzene rings is 2. The first-order valence-electron chi connectivity index (χ1n) is 9.86. The molecule has 0 bridgehead atoms. The molecule has 5 rings (SSSR count). The average molecular weight is 436 g/mol. The quantitative estimate of drug-likeness (QED) is 0.504. The predicted molar refractivity (Wildman–Crippen MR) is 117 cm³/mol. The number of rotatable bonds is 4. The Morgan fingerprint density at radius 1 is 0.871 bits per heavy atom. The molecule has 31 heavy (non-hydrogen) atoms. The molecule has 0 saturated carbocycles. The molecule has 1 fully saturated rings. The van der Waals surface area contributed by atoms with Crippen molar-refractivity contribution in [1.29, 1.82) is 0 Å². The molecule has 1 aliphatic heterocycles. The van der Waals surface area contributed by atoms with Crippen molar-refractivity contribution < 1.29 is 8.42 Å². The Morgan fingerprint density at radius 2 is 1.61 bits per heavy atom. The molecule has 3 heterocycles. The van der Waals surface area contributed by atoms with Crippen molar-refractivity contribution in [3.05, 3.63) is 71.3 Å². The van der Waals surface area contributed by atoms with E-state index in [9.17, 15) is 13.2 Å². The number of anilines is 1. The summed E-state index contributed by atoms with van der Waals surface area (Å²) in [5.41, 5.74) is 1.62. The topological polar surface area (TPSA) is 115 Å². The third-order valence-electron chi connectivity index (χ3n) is 5.36. The first kappa shape index (κ1) is 19.5. The number of nitrogens with one attached hydrogen (secondary N) is 2. The van der Waals surface area contributed by atoms with E-state index < -0.39 is 10.0 Å². The van der Waals surface area contributed by atoms with Gasteiger partial charge in [-0.1, -0.05) is 30.3 Å². The smallest absolute Gasteiger partial charge is 0.323 e. The highest BCUT2D eigenvalue weighted by Crippen LogP contribution is 2.23. The van der Waals surface area contributed by atoms with Crippen molar-refractivity contribution in [1.82, 2.24) is 24.2 Å². The van der Waals surface area contributed by atoms with Gasteiger partial charge < -0.3 is 14.9 Å². The van der Waals surface area contributed by atoms with Gasteiger partial charge >= 0.3 is 5.69 Å². The molecule has 2 aromatic carbocycles. The number of sulfonamides is 1. The Hall–Kier alpha value is -3.50. The average Bonchev–Trinajstić information content (AvgIpc) is 3.19. The van der Waals surface area contributed by atoms with Crippen LogP contribution in [0.3, 0.4) is 0 Å². The summed E-state index contributed by atoms with van der Waals surface area (Å²) in [5.74, 6) is 1.42. The fourth-order valence-corrected chi connectivity index (χ4v) is 5.18. The molecule has 9 nitrogen and oxygen atoms in total. The van der Waals surface area contributed by atoms with Gasteiger partial charge in [-0.3, -0.25) is 0 Å². The Morgan fingerprint density at radius 3 is 2.39 bits per heavy atom. The van der Waals surface area contributed by atoms with Gasteiger partial charge in [-0.25, -0.2) is 23.2 Å². The molecule has 0 spiro atoms. The Kier molecular flexibility index (Phi) is 4.79. The SMILES string of the molecule is O=c1[nH]c2ccc(S(=O)(=O)N3CCN(c4ccnc(-c5ccccc5)n4)CC3)cc2[nH]1. The van der Waals surface area contributed by atoms with Crippen molar-refractivity contribution in [2.45, 2.75) is 4.90 Å². The molecule has 158 valence electrons. The van der Waals surface area contributed by atoms with Crippen LogP contribution in [0.1, 0.15) is 0 Å². The first-order chi connectivity index (χ1) is 15.0. The number of H-pyrrole nitrogens is 2. The Labute approximate surface area is 178 Å². The van der Waals surface area contributed by atoms with Gasteiger partial charge in [-0.05, 0) is 24.3 Å². The molecule has 0 amide bonds. The maximum atomic E-state index is 13.1. The van der Waals surface area contributed by atoms with Gasteiger partial charge in [0, 0.05) is 37.9 Å². The molecular formula is C21H20N6O3S. The minimum atomic E-state index is -3.66. The minimum absolute atomic E-state index is 0.164. The molecule has 0 aliphatic carbocycles.